The van der Waals surface area contributed by atoms with Crippen molar-refractivity contribution in [3.05, 3.63) is 59.9 Å². The lowest BCUT2D eigenvalue weighted by molar-refractivity contribution is 0.00777. The number of hydrogen-bond acceptors (Lipinski definition) is 8. The molecule has 1 unspecified atom stereocenters. The fourth-order valence-electron chi connectivity index (χ4n) is 3.97. The van der Waals surface area contributed by atoms with E-state index in [1.165, 1.54) is 41.6 Å². The van der Waals surface area contributed by atoms with Gasteiger partial charge >= 0.3 is 6.09 Å². The van der Waals surface area contributed by atoms with E-state index < -0.39 is 5.60 Å². The van der Waals surface area contributed by atoms with E-state index in [0.29, 0.717) is 30.9 Å². The number of hydrogen-bond donors (Lipinski definition) is 2. The molecule has 2 aliphatic heterocycles. The molecule has 0 spiro atoms. The number of ether oxygens (including phenoxy) is 2. The minimum Gasteiger partial charge on any atom is -0.493 e. The van der Waals surface area contributed by atoms with Crippen LogP contribution in [0.3, 0.4) is 0 Å². The number of fused-ring (bicyclic) bond motifs is 1. The molecule has 2 aromatic rings. The van der Waals surface area contributed by atoms with E-state index in [0.717, 1.165) is 30.2 Å². The summed E-state index contributed by atoms with van der Waals surface area (Å²) in [5.74, 6) is 0.725. The maximum absolute atomic E-state index is 12.3. The molecule has 1 saturated heterocycles. The number of halogens is 1. The number of carbonyl (C=O) groups excluding carboxylic acids is 1. The third-order valence-corrected chi connectivity index (χ3v) is 6.95. The Kier molecular flexibility index (Phi) is 13.9. The monoisotopic (exact) mass is 579 g/mol. The predicted octanol–water partition coefficient (Wildman–Crippen LogP) is 6.10. The molecule has 2 aliphatic rings. The van der Waals surface area contributed by atoms with Gasteiger partial charge in [0.1, 0.15) is 17.2 Å². The van der Waals surface area contributed by atoms with Crippen LogP contribution in [0.5, 0.6) is 5.75 Å². The highest BCUT2D eigenvalue weighted by Crippen LogP contribution is 2.39. The second-order valence-corrected chi connectivity index (χ2v) is 11.3. The molecule has 216 valence electrons. The summed E-state index contributed by atoms with van der Waals surface area (Å²) in [5, 5.41) is 0.474. The summed E-state index contributed by atoms with van der Waals surface area (Å²) in [6, 6.07) is 14.4. The van der Waals surface area contributed by atoms with Gasteiger partial charge in [-0.05, 0) is 64.0 Å². The SMILES string of the molecule is CC.CNS/C(N)=N\Sc1ccc2c(c1)OCCC2N1CCN(C(=O)OC(C)(C)C)CC1.Fc1ccccc1. The van der Waals surface area contributed by atoms with Crippen molar-refractivity contribution in [1.82, 2.24) is 14.5 Å². The summed E-state index contributed by atoms with van der Waals surface area (Å²) >= 11 is 2.62. The molecular weight excluding hydrogens is 537 g/mol. The molecule has 0 radical (unpaired) electrons. The van der Waals surface area contributed by atoms with Crippen molar-refractivity contribution >= 4 is 35.2 Å². The smallest absolute Gasteiger partial charge is 0.410 e. The number of nitrogens with zero attached hydrogens (tertiary/aromatic N) is 3. The molecule has 2 aromatic carbocycles. The summed E-state index contributed by atoms with van der Waals surface area (Å²) < 4.78 is 30.5. The Balaban J connectivity index is 0.000000507. The van der Waals surface area contributed by atoms with E-state index >= 15 is 0 Å². The first-order valence-corrected chi connectivity index (χ1v) is 14.8. The number of nitrogens with two attached hydrogens (primary N) is 1. The van der Waals surface area contributed by atoms with Crippen molar-refractivity contribution in [1.29, 1.82) is 0 Å². The maximum Gasteiger partial charge on any atom is 0.410 e. The fourth-order valence-corrected chi connectivity index (χ4v) is 4.92. The van der Waals surface area contributed by atoms with Crippen LogP contribution >= 0.6 is 23.9 Å². The zero-order valence-electron chi connectivity index (χ0n) is 23.8. The topological polar surface area (TPSA) is 92.4 Å². The molecule has 0 aromatic heterocycles. The van der Waals surface area contributed by atoms with E-state index in [4.69, 9.17) is 15.2 Å². The molecule has 3 N–H and O–H groups in total. The first-order chi connectivity index (χ1) is 18.7. The van der Waals surface area contributed by atoms with Gasteiger partial charge in [-0.2, -0.15) is 4.40 Å². The van der Waals surface area contributed by atoms with Crippen molar-refractivity contribution in [3.63, 3.8) is 0 Å². The van der Waals surface area contributed by atoms with E-state index in [9.17, 15) is 9.18 Å². The van der Waals surface area contributed by atoms with Gasteiger partial charge in [0.15, 0.2) is 5.17 Å². The molecule has 39 heavy (non-hydrogen) atoms. The second kappa shape index (κ2) is 16.6. The highest BCUT2D eigenvalue weighted by atomic mass is 32.2. The predicted molar refractivity (Wildman–Crippen MR) is 161 cm³/mol. The lowest BCUT2D eigenvalue weighted by Gasteiger charge is -2.41. The normalized spacial score (nSPS) is 17.5. The van der Waals surface area contributed by atoms with Crippen LogP contribution in [0.25, 0.3) is 0 Å². The number of amidine groups is 1. The van der Waals surface area contributed by atoms with Crippen molar-refractivity contribution in [2.24, 2.45) is 10.1 Å². The third kappa shape index (κ3) is 11.3. The molecule has 0 aliphatic carbocycles. The van der Waals surface area contributed by atoms with Crippen LogP contribution in [0.15, 0.2) is 57.8 Å². The second-order valence-electron chi connectivity index (χ2n) is 9.48. The Hall–Kier alpha value is -2.47. The summed E-state index contributed by atoms with van der Waals surface area (Å²) in [4.78, 5) is 17.5. The maximum atomic E-state index is 12.3. The van der Waals surface area contributed by atoms with Crippen LogP contribution in [-0.4, -0.2) is 66.5 Å². The van der Waals surface area contributed by atoms with Crippen molar-refractivity contribution in [2.75, 3.05) is 39.8 Å². The first kappa shape index (κ1) is 32.7. The summed E-state index contributed by atoms with van der Waals surface area (Å²) in [5.41, 5.74) is 6.53. The van der Waals surface area contributed by atoms with Crippen LogP contribution in [0.1, 0.15) is 52.6 Å². The number of piperazine rings is 1. The molecule has 0 saturated carbocycles. The Morgan fingerprint density at radius 3 is 2.36 bits per heavy atom. The first-order valence-electron chi connectivity index (χ1n) is 13.2. The Morgan fingerprint density at radius 2 is 1.79 bits per heavy atom. The van der Waals surface area contributed by atoms with E-state index in [-0.39, 0.29) is 11.9 Å². The van der Waals surface area contributed by atoms with Gasteiger partial charge in [-0.3, -0.25) is 9.62 Å². The molecule has 8 nitrogen and oxygen atoms in total. The Bertz CT molecular complexity index is 1050. The molecule has 1 amide bonds. The largest absolute Gasteiger partial charge is 0.493 e. The number of nitrogens with one attached hydrogen (secondary N) is 1. The quantitative estimate of drug-likeness (QED) is 0.255. The van der Waals surface area contributed by atoms with Gasteiger partial charge in [0.2, 0.25) is 0 Å². The third-order valence-electron chi connectivity index (χ3n) is 5.58. The van der Waals surface area contributed by atoms with Crippen LogP contribution in [0.4, 0.5) is 9.18 Å². The summed E-state index contributed by atoms with van der Waals surface area (Å²) in [6.45, 7) is 13.4. The summed E-state index contributed by atoms with van der Waals surface area (Å²) in [6.07, 6.45) is 0.711. The van der Waals surface area contributed by atoms with Gasteiger partial charge < -0.3 is 20.1 Å². The van der Waals surface area contributed by atoms with Crippen LogP contribution in [0.2, 0.25) is 0 Å². The number of benzene rings is 2. The lowest BCUT2D eigenvalue weighted by atomic mass is 9.98. The molecule has 0 bridgehead atoms. The fraction of sp³-hybridized carbons (Fsp3) is 0.500. The molecule has 2 heterocycles. The summed E-state index contributed by atoms with van der Waals surface area (Å²) in [7, 11) is 1.80. The lowest BCUT2D eigenvalue weighted by Crippen LogP contribution is -2.51. The van der Waals surface area contributed by atoms with E-state index in [1.54, 1.807) is 30.1 Å². The average molecular weight is 580 g/mol. The average Bonchev–Trinajstić information content (AvgIpc) is 2.93. The minimum atomic E-state index is -0.468. The molecule has 1 atom stereocenters. The van der Waals surface area contributed by atoms with Crippen molar-refractivity contribution in [3.8, 4) is 5.75 Å². The Morgan fingerprint density at radius 1 is 1.13 bits per heavy atom. The molecule has 1 fully saturated rings. The van der Waals surface area contributed by atoms with E-state index in [2.05, 4.69) is 26.2 Å². The van der Waals surface area contributed by atoms with Gasteiger partial charge in [0.05, 0.1) is 6.61 Å². The molecular formula is C28H42FN5O3S2. The van der Waals surface area contributed by atoms with Gasteiger partial charge in [0, 0.05) is 61.0 Å². The van der Waals surface area contributed by atoms with Gasteiger partial charge in [-0.15, -0.1) is 0 Å². The van der Waals surface area contributed by atoms with E-state index in [1.807, 2.05) is 40.7 Å². The number of amides is 1. The highest BCUT2D eigenvalue weighted by Gasteiger charge is 2.32. The van der Waals surface area contributed by atoms with Crippen molar-refractivity contribution in [2.45, 2.75) is 57.6 Å². The highest BCUT2D eigenvalue weighted by molar-refractivity contribution is 8.13. The zero-order chi connectivity index (χ0) is 28.8. The van der Waals surface area contributed by atoms with Gasteiger partial charge in [-0.1, -0.05) is 38.1 Å². The van der Waals surface area contributed by atoms with Gasteiger partial charge in [0.25, 0.3) is 0 Å². The zero-order valence-corrected chi connectivity index (χ0v) is 25.4. The van der Waals surface area contributed by atoms with Crippen LogP contribution in [0, 0.1) is 5.82 Å². The Labute approximate surface area is 241 Å². The van der Waals surface area contributed by atoms with Crippen LogP contribution in [-0.2, 0) is 4.74 Å². The number of rotatable bonds is 4. The minimum absolute atomic E-state index is 0.178. The number of carbonyl (C=O) groups is 1. The molecule has 4 rings (SSSR count). The van der Waals surface area contributed by atoms with Gasteiger partial charge in [-0.25, -0.2) is 9.18 Å². The molecule has 11 heteroatoms. The van der Waals surface area contributed by atoms with Crippen LogP contribution < -0.4 is 15.2 Å². The standard InChI is InChI=1S/C20H31N5O3S2.C6H5F.C2H6/c1-20(2,3)28-19(26)25-10-8-24(9-11-25)16-7-12-27-17-13-14(5-6-15(16)17)29-23-18(21)30-22-4;7-6-4-2-1-3-5-6;1-2/h5-6,13,16,22H,7-12H2,1-4H3,(H2,21,23);1-5H;1-2H3. The van der Waals surface area contributed by atoms with Crippen molar-refractivity contribution < 1.29 is 18.7 Å².